The first-order valence-electron chi connectivity index (χ1n) is 6.21. The maximum Gasteiger partial charge on any atom is 0.416 e. The van der Waals surface area contributed by atoms with Gasteiger partial charge >= 0.3 is 12.1 Å². The van der Waals surface area contributed by atoms with Crippen molar-refractivity contribution >= 4 is 5.97 Å². The summed E-state index contributed by atoms with van der Waals surface area (Å²) in [5.41, 5.74) is -1.66. The molecule has 0 spiro atoms. The Kier molecular flexibility index (Phi) is 3.32. The van der Waals surface area contributed by atoms with Crippen LogP contribution in [0.3, 0.4) is 0 Å². The number of benzene rings is 1. The molecule has 1 aliphatic carbocycles. The van der Waals surface area contributed by atoms with Gasteiger partial charge in [0.15, 0.2) is 0 Å². The first-order chi connectivity index (χ1) is 8.79. The topological polar surface area (TPSA) is 37.3 Å². The molecule has 0 saturated heterocycles. The minimum Gasteiger partial charge on any atom is -0.481 e. The summed E-state index contributed by atoms with van der Waals surface area (Å²) in [6.07, 6.45) is -2.75. The summed E-state index contributed by atoms with van der Waals surface area (Å²) in [5, 5.41) is 9.36. The van der Waals surface area contributed by atoms with Crippen LogP contribution in [0.2, 0.25) is 0 Å². The van der Waals surface area contributed by atoms with E-state index in [4.69, 9.17) is 0 Å². The van der Waals surface area contributed by atoms with Crippen LogP contribution in [0.4, 0.5) is 13.2 Å². The summed E-state index contributed by atoms with van der Waals surface area (Å²) in [6, 6.07) is 4.70. The third-order valence-corrected chi connectivity index (χ3v) is 4.00. The molecule has 1 N–H and O–H groups in total. The third-order valence-electron chi connectivity index (χ3n) is 4.00. The van der Waals surface area contributed by atoms with E-state index in [1.165, 1.54) is 12.1 Å². The zero-order valence-corrected chi connectivity index (χ0v) is 10.5. The van der Waals surface area contributed by atoms with Gasteiger partial charge in [-0.3, -0.25) is 4.79 Å². The highest BCUT2D eigenvalue weighted by molar-refractivity contribution is 5.82. The average Bonchev–Trinajstić information content (AvgIpc) is 2.27. The summed E-state index contributed by atoms with van der Waals surface area (Å²) in [6.45, 7) is 1.96. The summed E-state index contributed by atoms with van der Waals surface area (Å²) in [7, 11) is 0. The molecule has 5 heteroatoms. The molecule has 1 aromatic carbocycles. The lowest BCUT2D eigenvalue weighted by Crippen LogP contribution is -2.47. The SMILES string of the molecule is CCC1CC(C(=O)O)(c2cccc(C(F)(F)F)c2)C1. The van der Waals surface area contributed by atoms with Gasteiger partial charge in [0.25, 0.3) is 0 Å². The molecule has 0 unspecified atom stereocenters. The molecule has 19 heavy (non-hydrogen) atoms. The van der Waals surface area contributed by atoms with Gasteiger partial charge in [-0.05, 0) is 30.4 Å². The van der Waals surface area contributed by atoms with E-state index >= 15 is 0 Å². The number of halogens is 3. The predicted molar refractivity (Wildman–Crippen MR) is 63.8 cm³/mol. The number of hydrogen-bond donors (Lipinski definition) is 1. The molecule has 0 bridgehead atoms. The fraction of sp³-hybridized carbons (Fsp3) is 0.500. The van der Waals surface area contributed by atoms with Crippen molar-refractivity contribution in [2.45, 2.75) is 37.8 Å². The smallest absolute Gasteiger partial charge is 0.416 e. The second-order valence-electron chi connectivity index (χ2n) is 5.15. The lowest BCUT2D eigenvalue weighted by Gasteiger charge is -2.44. The molecule has 1 saturated carbocycles. The van der Waals surface area contributed by atoms with E-state index in [1.54, 1.807) is 0 Å². The van der Waals surface area contributed by atoms with Gasteiger partial charge < -0.3 is 5.11 Å². The molecule has 0 heterocycles. The number of rotatable bonds is 3. The van der Waals surface area contributed by atoms with Crippen LogP contribution in [0.5, 0.6) is 0 Å². The minimum atomic E-state index is -4.44. The molecule has 0 amide bonds. The predicted octanol–water partition coefficient (Wildman–Crippen LogP) is 3.85. The molecule has 2 nitrogen and oxygen atoms in total. The lowest BCUT2D eigenvalue weighted by atomic mass is 9.58. The van der Waals surface area contributed by atoms with Crippen molar-refractivity contribution in [3.8, 4) is 0 Å². The van der Waals surface area contributed by atoms with Gasteiger partial charge in [0.2, 0.25) is 0 Å². The van der Waals surface area contributed by atoms with E-state index in [1.807, 2.05) is 6.92 Å². The number of carboxylic acids is 1. The van der Waals surface area contributed by atoms with E-state index in [-0.39, 0.29) is 11.5 Å². The monoisotopic (exact) mass is 272 g/mol. The fourth-order valence-electron chi connectivity index (χ4n) is 2.74. The van der Waals surface area contributed by atoms with Crippen LogP contribution < -0.4 is 0 Å². The Labute approximate surface area is 109 Å². The Morgan fingerprint density at radius 2 is 2.05 bits per heavy atom. The Hall–Kier alpha value is -1.52. The highest BCUT2D eigenvalue weighted by atomic mass is 19.4. The zero-order valence-electron chi connectivity index (χ0n) is 10.5. The van der Waals surface area contributed by atoms with Crippen molar-refractivity contribution in [3.63, 3.8) is 0 Å². The molecule has 0 aromatic heterocycles. The zero-order chi connectivity index (χ0) is 14.3. The van der Waals surface area contributed by atoms with Gasteiger partial charge in [0.05, 0.1) is 11.0 Å². The number of hydrogen-bond acceptors (Lipinski definition) is 1. The lowest BCUT2D eigenvalue weighted by molar-refractivity contribution is -0.150. The van der Waals surface area contributed by atoms with E-state index in [2.05, 4.69) is 0 Å². The summed E-state index contributed by atoms with van der Waals surface area (Å²) < 4.78 is 38.0. The molecule has 0 aliphatic heterocycles. The van der Waals surface area contributed by atoms with E-state index in [9.17, 15) is 23.1 Å². The average molecular weight is 272 g/mol. The molecule has 1 fully saturated rings. The van der Waals surface area contributed by atoms with Gasteiger partial charge in [-0.2, -0.15) is 13.2 Å². The van der Waals surface area contributed by atoms with E-state index in [0.717, 1.165) is 18.6 Å². The Balaban J connectivity index is 2.37. The van der Waals surface area contributed by atoms with Crippen LogP contribution in [-0.2, 0) is 16.4 Å². The van der Waals surface area contributed by atoms with E-state index in [0.29, 0.717) is 12.8 Å². The number of carbonyl (C=O) groups is 1. The molecule has 0 radical (unpaired) electrons. The largest absolute Gasteiger partial charge is 0.481 e. The summed E-state index contributed by atoms with van der Waals surface area (Å²) in [5.74, 6) is -0.748. The minimum absolute atomic E-state index is 0.263. The Morgan fingerprint density at radius 1 is 1.42 bits per heavy atom. The normalized spacial score (nSPS) is 26.8. The fourth-order valence-corrected chi connectivity index (χ4v) is 2.74. The molecular weight excluding hydrogens is 257 g/mol. The maximum absolute atomic E-state index is 12.7. The van der Waals surface area contributed by atoms with Crippen molar-refractivity contribution in [2.24, 2.45) is 5.92 Å². The van der Waals surface area contributed by atoms with Crippen molar-refractivity contribution < 1.29 is 23.1 Å². The summed E-state index contributed by atoms with van der Waals surface area (Å²) >= 11 is 0. The number of aliphatic carboxylic acids is 1. The van der Waals surface area contributed by atoms with Crippen molar-refractivity contribution in [1.82, 2.24) is 0 Å². The molecule has 1 aromatic rings. The van der Waals surface area contributed by atoms with Gasteiger partial charge in [-0.25, -0.2) is 0 Å². The first kappa shape index (κ1) is 13.9. The second-order valence-corrected chi connectivity index (χ2v) is 5.15. The molecule has 104 valence electrons. The highest BCUT2D eigenvalue weighted by Gasteiger charge is 2.51. The molecule has 2 rings (SSSR count). The quantitative estimate of drug-likeness (QED) is 0.907. The highest BCUT2D eigenvalue weighted by Crippen LogP contribution is 2.50. The first-order valence-corrected chi connectivity index (χ1v) is 6.21. The van der Waals surface area contributed by atoms with Crippen molar-refractivity contribution in [1.29, 1.82) is 0 Å². The number of carboxylic acid groups (broad SMARTS) is 1. The van der Waals surface area contributed by atoms with Crippen molar-refractivity contribution in [3.05, 3.63) is 35.4 Å². The van der Waals surface area contributed by atoms with Crippen LogP contribution in [0.25, 0.3) is 0 Å². The van der Waals surface area contributed by atoms with Crippen LogP contribution >= 0.6 is 0 Å². The molecule has 1 aliphatic rings. The summed E-state index contributed by atoms with van der Waals surface area (Å²) in [4.78, 5) is 11.4. The standard InChI is InChI=1S/C14H15F3O2/c1-2-9-7-13(8-9,12(18)19)10-4-3-5-11(6-10)14(15,16)17/h3-6,9H,2,7-8H2,1H3,(H,18,19). The van der Waals surface area contributed by atoms with Gasteiger partial charge in [0, 0.05) is 0 Å². The maximum atomic E-state index is 12.7. The van der Waals surface area contributed by atoms with Crippen LogP contribution in [-0.4, -0.2) is 11.1 Å². The van der Waals surface area contributed by atoms with Crippen LogP contribution in [0.15, 0.2) is 24.3 Å². The van der Waals surface area contributed by atoms with Gasteiger partial charge in [-0.15, -0.1) is 0 Å². The van der Waals surface area contributed by atoms with Crippen LogP contribution in [0.1, 0.15) is 37.3 Å². The molecular formula is C14H15F3O2. The van der Waals surface area contributed by atoms with Gasteiger partial charge in [-0.1, -0.05) is 31.5 Å². The number of alkyl halides is 3. The van der Waals surface area contributed by atoms with Crippen LogP contribution in [0, 0.1) is 5.92 Å². The van der Waals surface area contributed by atoms with Gasteiger partial charge in [0.1, 0.15) is 0 Å². The second kappa shape index (κ2) is 4.54. The molecule has 0 atom stereocenters. The Bertz CT molecular complexity index is 488. The third kappa shape index (κ3) is 2.33. The van der Waals surface area contributed by atoms with E-state index < -0.39 is 23.1 Å². The Morgan fingerprint density at radius 3 is 2.53 bits per heavy atom. The van der Waals surface area contributed by atoms with Crippen molar-refractivity contribution in [2.75, 3.05) is 0 Å².